The second-order valence-electron chi connectivity index (χ2n) is 6.05. The van der Waals surface area contributed by atoms with E-state index in [4.69, 9.17) is 5.73 Å². The van der Waals surface area contributed by atoms with Crippen LogP contribution in [0.2, 0.25) is 0 Å². The summed E-state index contributed by atoms with van der Waals surface area (Å²) in [5, 5.41) is 1.02. The van der Waals surface area contributed by atoms with Crippen molar-refractivity contribution in [1.82, 2.24) is 19.9 Å². The monoisotopic (exact) mass is 329 g/mol. The van der Waals surface area contributed by atoms with Crippen molar-refractivity contribution in [2.75, 3.05) is 5.73 Å². The van der Waals surface area contributed by atoms with E-state index in [0.29, 0.717) is 0 Å². The maximum absolute atomic E-state index is 5.98. The third kappa shape index (κ3) is 2.96. The van der Waals surface area contributed by atoms with Gasteiger partial charge in [-0.25, -0.2) is 15.0 Å². The van der Waals surface area contributed by atoms with Crippen molar-refractivity contribution in [3.05, 3.63) is 60.4 Å². The number of aryl methyl sites for hydroxylation is 1. The maximum atomic E-state index is 5.98. The molecule has 0 saturated carbocycles. The average Bonchev–Trinajstić information content (AvgIpc) is 3.06. The molecule has 0 fully saturated rings. The molecule has 3 heterocycles. The van der Waals surface area contributed by atoms with E-state index in [9.17, 15) is 0 Å². The minimum Gasteiger partial charge on any atom is -0.368 e. The summed E-state index contributed by atoms with van der Waals surface area (Å²) in [6.45, 7) is 2.18. The first-order valence-electron chi connectivity index (χ1n) is 8.41. The topological polar surface area (TPSA) is 80.5 Å². The Labute approximate surface area is 146 Å². The van der Waals surface area contributed by atoms with Gasteiger partial charge >= 0.3 is 0 Å². The molecule has 0 bridgehead atoms. The van der Waals surface area contributed by atoms with Crippen molar-refractivity contribution in [2.45, 2.75) is 19.8 Å². The van der Waals surface area contributed by atoms with Gasteiger partial charge in [0.1, 0.15) is 5.65 Å². The Morgan fingerprint density at radius 3 is 2.64 bits per heavy atom. The molecule has 0 aliphatic heterocycles. The van der Waals surface area contributed by atoms with Crippen LogP contribution in [0.4, 0.5) is 5.95 Å². The van der Waals surface area contributed by atoms with Gasteiger partial charge in [0.15, 0.2) is 0 Å². The summed E-state index contributed by atoms with van der Waals surface area (Å²) in [7, 11) is 0. The molecule has 0 saturated heterocycles. The minimum absolute atomic E-state index is 0.267. The Morgan fingerprint density at radius 1 is 1.04 bits per heavy atom. The summed E-state index contributed by atoms with van der Waals surface area (Å²) in [6.07, 6.45) is 5.89. The number of nitrogens with zero attached hydrogens (tertiary/aromatic N) is 3. The number of fused-ring (bicyclic) bond motifs is 1. The Balaban J connectivity index is 1.78. The van der Waals surface area contributed by atoms with Crippen LogP contribution in [0.25, 0.3) is 33.5 Å². The molecule has 4 aromatic rings. The molecule has 25 heavy (non-hydrogen) atoms. The number of hydrogen-bond acceptors (Lipinski definition) is 4. The first-order valence-corrected chi connectivity index (χ1v) is 8.41. The first kappa shape index (κ1) is 15.3. The number of anilines is 1. The predicted octanol–water partition coefficient (Wildman–Crippen LogP) is 4.22. The highest BCUT2D eigenvalue weighted by Gasteiger charge is 2.11. The van der Waals surface area contributed by atoms with Gasteiger partial charge in [0.05, 0.1) is 11.4 Å². The molecule has 3 N–H and O–H groups in total. The Morgan fingerprint density at radius 2 is 1.84 bits per heavy atom. The summed E-state index contributed by atoms with van der Waals surface area (Å²) in [5.41, 5.74) is 11.8. The van der Waals surface area contributed by atoms with Crippen LogP contribution in [0.3, 0.4) is 0 Å². The van der Waals surface area contributed by atoms with Gasteiger partial charge in [-0.2, -0.15) is 0 Å². The zero-order chi connectivity index (χ0) is 17.2. The van der Waals surface area contributed by atoms with Gasteiger partial charge in [0, 0.05) is 28.9 Å². The van der Waals surface area contributed by atoms with E-state index in [-0.39, 0.29) is 5.95 Å². The van der Waals surface area contributed by atoms with Crippen molar-refractivity contribution in [3.63, 3.8) is 0 Å². The van der Waals surface area contributed by atoms with Crippen molar-refractivity contribution in [2.24, 2.45) is 0 Å². The number of aromatic nitrogens is 4. The highest BCUT2D eigenvalue weighted by atomic mass is 15.0. The summed E-state index contributed by atoms with van der Waals surface area (Å²) in [6, 6.07) is 14.4. The summed E-state index contributed by atoms with van der Waals surface area (Å²) in [4.78, 5) is 16.3. The molecule has 5 heteroatoms. The number of pyridine rings is 1. The third-order valence-electron chi connectivity index (χ3n) is 4.26. The van der Waals surface area contributed by atoms with Crippen LogP contribution in [-0.2, 0) is 6.42 Å². The third-order valence-corrected chi connectivity index (χ3v) is 4.26. The first-order chi connectivity index (χ1) is 12.2. The fourth-order valence-corrected chi connectivity index (χ4v) is 3.05. The normalized spacial score (nSPS) is 11.1. The Bertz CT molecular complexity index is 1020. The van der Waals surface area contributed by atoms with Crippen molar-refractivity contribution < 1.29 is 0 Å². The standard InChI is InChI=1S/C20H19N5/c1-2-4-13-6-8-14(9-7-13)17-11-18(25-20(21)24-17)16-12-23-19-15(16)5-3-10-22-19/h3,5-12H,2,4H2,1H3,(H,22,23)(H2,21,24,25). The lowest BCUT2D eigenvalue weighted by molar-refractivity contribution is 0.922. The van der Waals surface area contributed by atoms with Crippen LogP contribution in [-0.4, -0.2) is 19.9 Å². The zero-order valence-electron chi connectivity index (χ0n) is 14.0. The number of nitrogens with one attached hydrogen (secondary N) is 1. The molecule has 124 valence electrons. The fourth-order valence-electron chi connectivity index (χ4n) is 3.05. The summed E-state index contributed by atoms with van der Waals surface area (Å²) >= 11 is 0. The van der Waals surface area contributed by atoms with Crippen LogP contribution < -0.4 is 5.73 Å². The molecule has 5 nitrogen and oxygen atoms in total. The maximum Gasteiger partial charge on any atom is 0.221 e. The highest BCUT2D eigenvalue weighted by molar-refractivity contribution is 5.93. The van der Waals surface area contributed by atoms with Gasteiger partial charge in [-0.05, 0) is 30.2 Å². The molecule has 0 aliphatic rings. The number of nitrogen functional groups attached to an aromatic ring is 1. The molecule has 0 aliphatic carbocycles. The van der Waals surface area contributed by atoms with E-state index in [0.717, 1.165) is 46.4 Å². The number of hydrogen-bond donors (Lipinski definition) is 2. The molecule has 3 aromatic heterocycles. The molecule has 0 amide bonds. The number of rotatable bonds is 4. The van der Waals surface area contributed by atoms with E-state index in [1.165, 1.54) is 5.56 Å². The van der Waals surface area contributed by atoms with Crippen LogP contribution in [0, 0.1) is 0 Å². The smallest absolute Gasteiger partial charge is 0.221 e. The lowest BCUT2D eigenvalue weighted by Crippen LogP contribution is -1.98. The second kappa shape index (κ2) is 6.36. The van der Waals surface area contributed by atoms with E-state index in [1.54, 1.807) is 6.20 Å². The van der Waals surface area contributed by atoms with Crippen molar-refractivity contribution in [3.8, 4) is 22.5 Å². The van der Waals surface area contributed by atoms with Gasteiger partial charge in [-0.3, -0.25) is 0 Å². The quantitative estimate of drug-likeness (QED) is 0.587. The number of benzene rings is 1. The Kier molecular flexibility index (Phi) is 3.90. The average molecular weight is 329 g/mol. The SMILES string of the molecule is CCCc1ccc(-c2cc(-c3c[nH]c4ncccc34)nc(N)n2)cc1. The van der Waals surface area contributed by atoms with Gasteiger partial charge in [0.25, 0.3) is 0 Å². The molecule has 4 rings (SSSR count). The van der Waals surface area contributed by atoms with Crippen molar-refractivity contribution >= 4 is 17.0 Å². The second-order valence-corrected chi connectivity index (χ2v) is 6.05. The highest BCUT2D eigenvalue weighted by Crippen LogP contribution is 2.29. The van der Waals surface area contributed by atoms with E-state index in [1.807, 2.05) is 24.4 Å². The molecule has 1 aromatic carbocycles. The van der Waals surface area contributed by atoms with E-state index in [2.05, 4.69) is 51.1 Å². The number of H-pyrrole nitrogens is 1. The molecule has 0 spiro atoms. The van der Waals surface area contributed by atoms with Crippen molar-refractivity contribution in [1.29, 1.82) is 0 Å². The predicted molar refractivity (Wildman–Crippen MR) is 101 cm³/mol. The molecule has 0 unspecified atom stereocenters. The largest absolute Gasteiger partial charge is 0.368 e. The lowest BCUT2D eigenvalue weighted by Gasteiger charge is -2.07. The van der Waals surface area contributed by atoms with E-state index >= 15 is 0 Å². The summed E-state index contributed by atoms with van der Waals surface area (Å²) < 4.78 is 0. The van der Waals surface area contributed by atoms with Crippen LogP contribution in [0.5, 0.6) is 0 Å². The molecule has 0 atom stereocenters. The van der Waals surface area contributed by atoms with E-state index < -0.39 is 0 Å². The van der Waals surface area contributed by atoms with Crippen LogP contribution in [0.1, 0.15) is 18.9 Å². The lowest BCUT2D eigenvalue weighted by atomic mass is 10.0. The minimum atomic E-state index is 0.267. The van der Waals surface area contributed by atoms with Gasteiger partial charge in [0.2, 0.25) is 5.95 Å². The van der Waals surface area contributed by atoms with Crippen LogP contribution in [0.15, 0.2) is 54.9 Å². The fraction of sp³-hybridized carbons (Fsp3) is 0.150. The Hall–Kier alpha value is -3.21. The zero-order valence-corrected chi connectivity index (χ0v) is 14.0. The number of aromatic amines is 1. The number of nitrogens with two attached hydrogens (primary N) is 1. The van der Waals surface area contributed by atoms with Gasteiger partial charge in [-0.1, -0.05) is 37.6 Å². The summed E-state index contributed by atoms with van der Waals surface area (Å²) in [5.74, 6) is 0.267. The van der Waals surface area contributed by atoms with Gasteiger partial charge in [-0.15, -0.1) is 0 Å². The molecule has 0 radical (unpaired) electrons. The molecular weight excluding hydrogens is 310 g/mol. The molecular formula is C20H19N5. The van der Waals surface area contributed by atoms with Gasteiger partial charge < -0.3 is 10.7 Å². The van der Waals surface area contributed by atoms with Crippen LogP contribution >= 0.6 is 0 Å².